The van der Waals surface area contributed by atoms with Gasteiger partial charge in [-0.1, -0.05) is 6.92 Å². The number of hydrogen-bond donors (Lipinski definition) is 1. The van der Waals surface area contributed by atoms with Crippen LogP contribution in [0.25, 0.3) is 0 Å². The Morgan fingerprint density at radius 1 is 1.53 bits per heavy atom. The van der Waals surface area contributed by atoms with Crippen LogP contribution in [0.1, 0.15) is 22.8 Å². The minimum absolute atomic E-state index is 0.125. The van der Waals surface area contributed by atoms with Crippen LogP contribution in [-0.2, 0) is 0 Å². The average Bonchev–Trinajstić information content (AvgIpc) is 2.32. The van der Waals surface area contributed by atoms with E-state index in [2.05, 4.69) is 6.92 Å². The molecule has 1 atom stereocenters. The maximum Gasteiger partial charge on any atom is 0.253 e. The van der Waals surface area contributed by atoms with Crippen molar-refractivity contribution in [2.45, 2.75) is 19.1 Å². The zero-order chi connectivity index (χ0) is 12.4. The van der Waals surface area contributed by atoms with E-state index in [1.807, 2.05) is 41.8 Å². The summed E-state index contributed by atoms with van der Waals surface area (Å²) in [4.78, 5) is 14.2. The van der Waals surface area contributed by atoms with Gasteiger partial charge in [-0.15, -0.1) is 0 Å². The van der Waals surface area contributed by atoms with E-state index >= 15 is 0 Å². The molecule has 1 aliphatic heterocycles. The fraction of sp³-hybridized carbons (Fsp3) is 0.462. The van der Waals surface area contributed by atoms with Gasteiger partial charge in [0.15, 0.2) is 0 Å². The number of nitrogens with two attached hydrogens (primary N) is 1. The Balaban J connectivity index is 2.15. The molecule has 1 aromatic carbocycles. The topological polar surface area (TPSA) is 46.3 Å². The third-order valence-corrected chi connectivity index (χ3v) is 4.18. The molecule has 4 heteroatoms. The van der Waals surface area contributed by atoms with Gasteiger partial charge in [0.05, 0.1) is 0 Å². The SMILES string of the molecule is Cc1cc(C(=O)N2CCSC(C)C2)ccc1N. The number of benzene rings is 1. The van der Waals surface area contributed by atoms with Gasteiger partial charge in [0.2, 0.25) is 0 Å². The van der Waals surface area contributed by atoms with Crippen LogP contribution < -0.4 is 5.73 Å². The highest BCUT2D eigenvalue weighted by molar-refractivity contribution is 7.99. The number of aryl methyl sites for hydroxylation is 1. The summed E-state index contributed by atoms with van der Waals surface area (Å²) in [5, 5.41) is 0.530. The van der Waals surface area contributed by atoms with Crippen LogP contribution >= 0.6 is 11.8 Å². The molecule has 0 aromatic heterocycles. The van der Waals surface area contributed by atoms with Crippen molar-refractivity contribution in [3.63, 3.8) is 0 Å². The van der Waals surface area contributed by atoms with Gasteiger partial charge < -0.3 is 10.6 Å². The Labute approximate surface area is 106 Å². The van der Waals surface area contributed by atoms with Crippen LogP contribution in [-0.4, -0.2) is 34.9 Å². The lowest BCUT2D eigenvalue weighted by Crippen LogP contribution is -2.41. The molecular formula is C13H18N2OS. The molecule has 0 saturated carbocycles. The third-order valence-electron chi connectivity index (χ3n) is 3.05. The second kappa shape index (κ2) is 5.00. The molecule has 1 heterocycles. The largest absolute Gasteiger partial charge is 0.399 e. The monoisotopic (exact) mass is 250 g/mol. The van der Waals surface area contributed by atoms with E-state index in [1.165, 1.54) is 0 Å². The van der Waals surface area contributed by atoms with Gasteiger partial charge in [0.1, 0.15) is 0 Å². The second-order valence-electron chi connectivity index (χ2n) is 4.50. The molecule has 2 N–H and O–H groups in total. The van der Waals surface area contributed by atoms with E-state index in [4.69, 9.17) is 5.73 Å². The highest BCUT2D eigenvalue weighted by Gasteiger charge is 2.22. The molecule has 17 heavy (non-hydrogen) atoms. The molecular weight excluding hydrogens is 232 g/mol. The number of anilines is 1. The molecule has 0 radical (unpaired) electrons. The van der Waals surface area contributed by atoms with Crippen molar-refractivity contribution in [1.29, 1.82) is 0 Å². The summed E-state index contributed by atoms with van der Waals surface area (Å²) >= 11 is 1.93. The quantitative estimate of drug-likeness (QED) is 0.777. The van der Waals surface area contributed by atoms with Crippen molar-refractivity contribution in [1.82, 2.24) is 4.90 Å². The Hall–Kier alpha value is -1.16. The fourth-order valence-corrected chi connectivity index (χ4v) is 3.01. The molecule has 92 valence electrons. The van der Waals surface area contributed by atoms with Crippen molar-refractivity contribution < 1.29 is 4.79 Å². The number of rotatable bonds is 1. The first-order chi connectivity index (χ1) is 8.08. The molecule has 2 rings (SSSR count). The molecule has 1 aromatic rings. The van der Waals surface area contributed by atoms with Crippen LogP contribution in [0.4, 0.5) is 5.69 Å². The molecule has 1 saturated heterocycles. The van der Waals surface area contributed by atoms with E-state index in [0.29, 0.717) is 5.25 Å². The highest BCUT2D eigenvalue weighted by atomic mass is 32.2. The number of amides is 1. The number of nitrogen functional groups attached to an aromatic ring is 1. The summed E-state index contributed by atoms with van der Waals surface area (Å²) in [6.07, 6.45) is 0. The molecule has 0 spiro atoms. The Kier molecular flexibility index (Phi) is 3.62. The lowest BCUT2D eigenvalue weighted by molar-refractivity contribution is 0.0763. The van der Waals surface area contributed by atoms with Gasteiger partial charge in [0.25, 0.3) is 5.91 Å². The summed E-state index contributed by atoms with van der Waals surface area (Å²) in [5.74, 6) is 1.15. The third kappa shape index (κ3) is 2.75. The predicted molar refractivity (Wildman–Crippen MR) is 73.4 cm³/mol. The molecule has 1 aliphatic rings. The predicted octanol–water partition coefficient (Wildman–Crippen LogP) is 2.15. The molecule has 1 unspecified atom stereocenters. The minimum Gasteiger partial charge on any atom is -0.399 e. The van der Waals surface area contributed by atoms with Crippen LogP contribution in [0, 0.1) is 6.92 Å². The van der Waals surface area contributed by atoms with Crippen molar-refractivity contribution in [2.24, 2.45) is 0 Å². The maximum atomic E-state index is 12.3. The molecule has 3 nitrogen and oxygen atoms in total. The Bertz CT molecular complexity index is 433. The van der Waals surface area contributed by atoms with E-state index < -0.39 is 0 Å². The number of thioether (sulfide) groups is 1. The average molecular weight is 250 g/mol. The van der Waals surface area contributed by atoms with Gasteiger partial charge in [-0.3, -0.25) is 4.79 Å². The number of carbonyl (C=O) groups excluding carboxylic acids is 1. The summed E-state index contributed by atoms with van der Waals surface area (Å²) in [6.45, 7) is 5.78. The second-order valence-corrected chi connectivity index (χ2v) is 6.05. The van der Waals surface area contributed by atoms with Gasteiger partial charge in [-0.25, -0.2) is 0 Å². The summed E-state index contributed by atoms with van der Waals surface area (Å²) in [5.41, 5.74) is 8.22. The zero-order valence-corrected chi connectivity index (χ0v) is 11.1. The van der Waals surface area contributed by atoms with E-state index in [-0.39, 0.29) is 5.91 Å². The van der Waals surface area contributed by atoms with E-state index in [1.54, 1.807) is 0 Å². The number of carbonyl (C=O) groups is 1. The van der Waals surface area contributed by atoms with Crippen LogP contribution in [0.15, 0.2) is 18.2 Å². The Morgan fingerprint density at radius 2 is 2.29 bits per heavy atom. The van der Waals surface area contributed by atoms with Crippen LogP contribution in [0.5, 0.6) is 0 Å². The number of nitrogens with zero attached hydrogens (tertiary/aromatic N) is 1. The smallest absolute Gasteiger partial charge is 0.253 e. The normalized spacial score (nSPS) is 20.4. The summed E-state index contributed by atoms with van der Waals surface area (Å²) < 4.78 is 0. The van der Waals surface area contributed by atoms with Crippen molar-refractivity contribution >= 4 is 23.4 Å². The highest BCUT2D eigenvalue weighted by Crippen LogP contribution is 2.20. The van der Waals surface area contributed by atoms with E-state index in [9.17, 15) is 4.79 Å². The van der Waals surface area contributed by atoms with Gasteiger partial charge in [0, 0.05) is 35.3 Å². The van der Waals surface area contributed by atoms with Gasteiger partial charge in [-0.05, 0) is 30.7 Å². The molecule has 0 aliphatic carbocycles. The first kappa shape index (κ1) is 12.3. The van der Waals surface area contributed by atoms with Crippen molar-refractivity contribution in [2.75, 3.05) is 24.6 Å². The lowest BCUT2D eigenvalue weighted by Gasteiger charge is -2.30. The summed E-state index contributed by atoms with van der Waals surface area (Å²) in [6, 6.07) is 5.51. The molecule has 1 amide bonds. The molecule has 1 fully saturated rings. The van der Waals surface area contributed by atoms with Gasteiger partial charge in [-0.2, -0.15) is 11.8 Å². The van der Waals surface area contributed by atoms with Crippen LogP contribution in [0.3, 0.4) is 0 Å². The zero-order valence-electron chi connectivity index (χ0n) is 10.3. The first-order valence-corrected chi connectivity index (χ1v) is 6.90. The number of hydrogen-bond acceptors (Lipinski definition) is 3. The van der Waals surface area contributed by atoms with E-state index in [0.717, 1.165) is 35.7 Å². The maximum absolute atomic E-state index is 12.3. The fourth-order valence-electron chi connectivity index (χ4n) is 1.99. The van der Waals surface area contributed by atoms with Crippen molar-refractivity contribution in [3.05, 3.63) is 29.3 Å². The summed E-state index contributed by atoms with van der Waals surface area (Å²) in [7, 11) is 0. The first-order valence-electron chi connectivity index (χ1n) is 5.85. The van der Waals surface area contributed by atoms with Crippen LogP contribution in [0.2, 0.25) is 0 Å². The molecule has 0 bridgehead atoms. The Morgan fingerprint density at radius 3 is 2.94 bits per heavy atom. The minimum atomic E-state index is 0.125. The van der Waals surface area contributed by atoms with Gasteiger partial charge >= 0.3 is 0 Å². The standard InChI is InChI=1S/C13H18N2OS/c1-9-7-11(3-4-12(9)14)13(16)15-5-6-17-10(2)8-15/h3-4,7,10H,5-6,8,14H2,1-2H3. The van der Waals surface area contributed by atoms with Crippen molar-refractivity contribution in [3.8, 4) is 0 Å². The lowest BCUT2D eigenvalue weighted by atomic mass is 10.1.